The number of hydrogen-bond acceptors (Lipinski definition) is 1. The summed E-state index contributed by atoms with van der Waals surface area (Å²) in [6, 6.07) is 0. The van der Waals surface area contributed by atoms with Crippen molar-refractivity contribution in [3.63, 3.8) is 0 Å². The van der Waals surface area contributed by atoms with Crippen LogP contribution < -0.4 is 0 Å². The summed E-state index contributed by atoms with van der Waals surface area (Å²) in [5.41, 5.74) is 0. The molecule has 0 aliphatic rings. The summed E-state index contributed by atoms with van der Waals surface area (Å²) in [6.45, 7) is 3.62. The van der Waals surface area contributed by atoms with Crippen LogP contribution in [0.5, 0.6) is 0 Å². The van der Waals surface area contributed by atoms with Gasteiger partial charge in [-0.3, -0.25) is 0 Å². The Morgan fingerprint density at radius 2 is 0.913 bits per heavy atom. The smallest absolute Gasteiger partial charge is 0.450 e. The maximum absolute atomic E-state index is 8.56. The SMILES string of the molecule is CCCCCCCCCCCCCCC[N+](C)(C)C.O=C(O)O. The zero-order valence-corrected chi connectivity index (χ0v) is 16.1. The molecule has 0 aromatic rings. The van der Waals surface area contributed by atoms with Gasteiger partial charge in [0.1, 0.15) is 0 Å². The quantitative estimate of drug-likeness (QED) is 0.303. The number of carbonyl (C=O) groups is 1. The molecule has 0 bridgehead atoms. The van der Waals surface area contributed by atoms with Gasteiger partial charge >= 0.3 is 6.16 Å². The highest BCUT2D eigenvalue weighted by molar-refractivity contribution is 5.53. The van der Waals surface area contributed by atoms with Crippen LogP contribution in [0.3, 0.4) is 0 Å². The van der Waals surface area contributed by atoms with Gasteiger partial charge in [-0.2, -0.15) is 0 Å². The van der Waals surface area contributed by atoms with Gasteiger partial charge in [-0.05, 0) is 12.8 Å². The van der Waals surface area contributed by atoms with Crippen molar-refractivity contribution in [3.05, 3.63) is 0 Å². The van der Waals surface area contributed by atoms with E-state index in [1.54, 1.807) is 0 Å². The van der Waals surface area contributed by atoms with Crippen LogP contribution in [0.4, 0.5) is 4.79 Å². The first-order chi connectivity index (χ1) is 10.8. The maximum Gasteiger partial charge on any atom is 0.503 e. The molecular formula is C19H42NO3+. The topological polar surface area (TPSA) is 57.5 Å². The predicted octanol–water partition coefficient (Wildman–Crippen LogP) is 6.01. The molecule has 0 aliphatic carbocycles. The molecule has 0 radical (unpaired) electrons. The lowest BCUT2D eigenvalue weighted by molar-refractivity contribution is -0.870. The Bertz CT molecular complexity index is 245. The molecule has 4 heteroatoms. The number of unbranched alkanes of at least 4 members (excludes halogenated alkanes) is 12. The number of rotatable bonds is 14. The lowest BCUT2D eigenvalue weighted by Crippen LogP contribution is -2.35. The van der Waals surface area contributed by atoms with Crippen molar-refractivity contribution in [2.75, 3.05) is 27.7 Å². The average Bonchev–Trinajstić information content (AvgIpc) is 2.42. The molecule has 0 fully saturated rings. The fraction of sp³-hybridized carbons (Fsp3) is 0.947. The minimum Gasteiger partial charge on any atom is -0.450 e. The van der Waals surface area contributed by atoms with E-state index in [2.05, 4.69) is 28.1 Å². The summed E-state index contributed by atoms with van der Waals surface area (Å²) in [4.78, 5) is 8.56. The second-order valence-corrected chi connectivity index (χ2v) is 7.54. The lowest BCUT2D eigenvalue weighted by atomic mass is 10.0. The molecule has 4 nitrogen and oxygen atoms in total. The molecule has 140 valence electrons. The third-order valence-corrected chi connectivity index (χ3v) is 3.93. The van der Waals surface area contributed by atoms with Crippen LogP contribution in [0.15, 0.2) is 0 Å². The Morgan fingerprint density at radius 1 is 0.652 bits per heavy atom. The molecule has 0 aromatic carbocycles. The van der Waals surface area contributed by atoms with Crippen LogP contribution in [-0.2, 0) is 0 Å². The first-order valence-corrected chi connectivity index (χ1v) is 9.52. The fourth-order valence-corrected chi connectivity index (χ4v) is 2.60. The second kappa shape index (κ2) is 17.6. The molecular weight excluding hydrogens is 290 g/mol. The minimum absolute atomic E-state index is 1.12. The Kier molecular flexibility index (Phi) is 18.7. The van der Waals surface area contributed by atoms with E-state index in [-0.39, 0.29) is 0 Å². The molecule has 0 spiro atoms. The molecule has 0 rings (SSSR count). The predicted molar refractivity (Wildman–Crippen MR) is 99.2 cm³/mol. The third-order valence-electron chi connectivity index (χ3n) is 3.93. The van der Waals surface area contributed by atoms with E-state index < -0.39 is 6.16 Å². The van der Waals surface area contributed by atoms with Gasteiger partial charge in [-0.1, -0.05) is 77.6 Å². The van der Waals surface area contributed by atoms with E-state index in [4.69, 9.17) is 15.0 Å². The monoisotopic (exact) mass is 332 g/mol. The number of hydrogen-bond donors (Lipinski definition) is 2. The molecule has 2 N–H and O–H groups in total. The number of nitrogens with zero attached hydrogens (tertiary/aromatic N) is 1. The summed E-state index contributed by atoms with van der Waals surface area (Å²) >= 11 is 0. The Labute approximate surface area is 144 Å². The van der Waals surface area contributed by atoms with Crippen LogP contribution in [0.25, 0.3) is 0 Å². The zero-order chi connectivity index (χ0) is 18.0. The fourth-order valence-electron chi connectivity index (χ4n) is 2.60. The van der Waals surface area contributed by atoms with Gasteiger partial charge in [0, 0.05) is 0 Å². The van der Waals surface area contributed by atoms with Crippen molar-refractivity contribution >= 4 is 6.16 Å². The molecule has 0 heterocycles. The number of carboxylic acid groups (broad SMARTS) is 2. The van der Waals surface area contributed by atoms with Crippen molar-refractivity contribution in [1.29, 1.82) is 0 Å². The second-order valence-electron chi connectivity index (χ2n) is 7.54. The zero-order valence-electron chi connectivity index (χ0n) is 16.1. The van der Waals surface area contributed by atoms with E-state index >= 15 is 0 Å². The third kappa shape index (κ3) is 33.8. The van der Waals surface area contributed by atoms with Crippen molar-refractivity contribution in [2.24, 2.45) is 0 Å². The van der Waals surface area contributed by atoms with Gasteiger partial charge in [0.2, 0.25) is 0 Å². The van der Waals surface area contributed by atoms with Gasteiger partial charge in [0.15, 0.2) is 0 Å². The van der Waals surface area contributed by atoms with E-state index in [0.717, 1.165) is 4.48 Å². The van der Waals surface area contributed by atoms with Gasteiger partial charge in [0.05, 0.1) is 27.7 Å². The minimum atomic E-state index is -1.83. The summed E-state index contributed by atoms with van der Waals surface area (Å²) in [7, 11) is 6.88. The summed E-state index contributed by atoms with van der Waals surface area (Å²) in [6.07, 6.45) is 17.0. The Hall–Kier alpha value is -0.770. The van der Waals surface area contributed by atoms with Gasteiger partial charge in [-0.15, -0.1) is 0 Å². The van der Waals surface area contributed by atoms with Crippen molar-refractivity contribution in [2.45, 2.75) is 90.4 Å². The Morgan fingerprint density at radius 3 is 1.17 bits per heavy atom. The van der Waals surface area contributed by atoms with Gasteiger partial charge < -0.3 is 14.7 Å². The first kappa shape index (κ1) is 24.5. The molecule has 0 atom stereocenters. The molecule has 0 amide bonds. The van der Waals surface area contributed by atoms with E-state index in [1.807, 2.05) is 0 Å². The largest absolute Gasteiger partial charge is 0.503 e. The normalized spacial score (nSPS) is 11.0. The average molecular weight is 333 g/mol. The van der Waals surface area contributed by atoms with Crippen molar-refractivity contribution in [3.8, 4) is 0 Å². The molecule has 0 saturated heterocycles. The Balaban J connectivity index is 0. The first-order valence-electron chi connectivity index (χ1n) is 9.52. The molecule has 0 saturated carbocycles. The highest BCUT2D eigenvalue weighted by atomic mass is 16.6. The van der Waals surface area contributed by atoms with Gasteiger partial charge in [0.25, 0.3) is 0 Å². The molecule has 0 aromatic heterocycles. The van der Waals surface area contributed by atoms with E-state index in [9.17, 15) is 0 Å². The van der Waals surface area contributed by atoms with Gasteiger partial charge in [-0.25, -0.2) is 4.79 Å². The lowest BCUT2D eigenvalue weighted by Gasteiger charge is -2.23. The van der Waals surface area contributed by atoms with Crippen molar-refractivity contribution < 1.29 is 19.5 Å². The van der Waals surface area contributed by atoms with Crippen LogP contribution >= 0.6 is 0 Å². The van der Waals surface area contributed by atoms with Crippen LogP contribution in [0.1, 0.15) is 90.4 Å². The standard InChI is InChI=1S/C18H40N.CH2O3/c1-5-6-7-8-9-10-11-12-13-14-15-16-17-18-19(2,3)4;2-1(3)4/h5-18H2,1-4H3;(H2,2,3,4)/q+1;. The van der Waals surface area contributed by atoms with Crippen LogP contribution in [0, 0.1) is 0 Å². The van der Waals surface area contributed by atoms with Crippen LogP contribution in [-0.4, -0.2) is 48.5 Å². The highest BCUT2D eigenvalue weighted by Crippen LogP contribution is 2.12. The highest BCUT2D eigenvalue weighted by Gasteiger charge is 2.04. The van der Waals surface area contributed by atoms with Crippen molar-refractivity contribution in [1.82, 2.24) is 0 Å². The van der Waals surface area contributed by atoms with E-state index in [0.29, 0.717) is 0 Å². The summed E-state index contributed by atoms with van der Waals surface area (Å²) in [5, 5.41) is 13.9. The summed E-state index contributed by atoms with van der Waals surface area (Å²) < 4.78 is 1.12. The molecule has 0 unspecified atom stereocenters. The molecule has 0 aliphatic heterocycles. The maximum atomic E-state index is 8.56. The van der Waals surface area contributed by atoms with E-state index in [1.165, 1.54) is 90.0 Å². The summed E-state index contributed by atoms with van der Waals surface area (Å²) in [5.74, 6) is 0. The van der Waals surface area contributed by atoms with Crippen LogP contribution in [0.2, 0.25) is 0 Å². The number of quaternary nitrogens is 1. The molecule has 23 heavy (non-hydrogen) atoms.